The van der Waals surface area contributed by atoms with Crippen molar-refractivity contribution < 1.29 is 14.2 Å². The fourth-order valence-corrected chi connectivity index (χ4v) is 2.09. The van der Waals surface area contributed by atoms with E-state index in [9.17, 15) is 0 Å². The zero-order chi connectivity index (χ0) is 15.0. The first-order chi connectivity index (χ1) is 9.63. The lowest BCUT2D eigenvalue weighted by Crippen LogP contribution is -2.20. The fourth-order valence-electron chi connectivity index (χ4n) is 2.09. The Morgan fingerprint density at radius 1 is 1.10 bits per heavy atom. The first kappa shape index (κ1) is 16.8. The molecule has 2 N–H and O–H groups in total. The molecule has 0 spiro atoms. The van der Waals surface area contributed by atoms with E-state index in [0.717, 1.165) is 30.1 Å². The fraction of sp³-hybridized carbons (Fsp3) is 0.625. The molecule has 0 aromatic heterocycles. The zero-order valence-corrected chi connectivity index (χ0v) is 13.0. The smallest absolute Gasteiger partial charge is 0.161 e. The van der Waals surface area contributed by atoms with Crippen LogP contribution >= 0.6 is 0 Å². The van der Waals surface area contributed by atoms with Crippen molar-refractivity contribution in [2.75, 3.05) is 26.9 Å². The van der Waals surface area contributed by atoms with Gasteiger partial charge in [0.15, 0.2) is 11.5 Å². The minimum absolute atomic E-state index is 0.0277. The molecule has 4 nitrogen and oxygen atoms in total. The number of hydrogen-bond acceptors (Lipinski definition) is 4. The molecule has 0 amide bonds. The van der Waals surface area contributed by atoms with Crippen LogP contribution in [0, 0.1) is 5.92 Å². The normalized spacial score (nSPS) is 13.8. The van der Waals surface area contributed by atoms with E-state index in [2.05, 4.69) is 6.92 Å². The summed E-state index contributed by atoms with van der Waals surface area (Å²) in [5.74, 6) is 1.89. The van der Waals surface area contributed by atoms with Crippen molar-refractivity contribution in [3.05, 3.63) is 23.8 Å². The van der Waals surface area contributed by atoms with Crippen LogP contribution in [0.2, 0.25) is 0 Å². The minimum atomic E-state index is -0.0277. The van der Waals surface area contributed by atoms with Gasteiger partial charge in [-0.1, -0.05) is 13.0 Å². The number of methoxy groups -OCH3 is 1. The molecule has 1 aromatic carbocycles. The van der Waals surface area contributed by atoms with Crippen LogP contribution in [0.3, 0.4) is 0 Å². The summed E-state index contributed by atoms with van der Waals surface area (Å²) < 4.78 is 16.3. The lowest BCUT2D eigenvalue weighted by Gasteiger charge is -2.21. The molecule has 0 heterocycles. The van der Waals surface area contributed by atoms with Crippen LogP contribution < -0.4 is 15.2 Å². The Kier molecular flexibility index (Phi) is 7.41. The van der Waals surface area contributed by atoms with Gasteiger partial charge in [0.1, 0.15) is 0 Å². The van der Waals surface area contributed by atoms with Crippen molar-refractivity contribution in [2.24, 2.45) is 11.7 Å². The molecule has 1 aromatic rings. The molecule has 0 saturated carbocycles. The number of nitrogens with two attached hydrogens (primary N) is 1. The molecule has 0 aliphatic rings. The summed E-state index contributed by atoms with van der Waals surface area (Å²) in [6, 6.07) is 5.91. The van der Waals surface area contributed by atoms with Gasteiger partial charge >= 0.3 is 0 Å². The van der Waals surface area contributed by atoms with Crippen molar-refractivity contribution in [2.45, 2.75) is 33.2 Å². The van der Waals surface area contributed by atoms with Gasteiger partial charge in [-0.05, 0) is 43.9 Å². The highest BCUT2D eigenvalue weighted by Gasteiger charge is 2.17. The summed E-state index contributed by atoms with van der Waals surface area (Å²) in [7, 11) is 1.71. The summed E-state index contributed by atoms with van der Waals surface area (Å²) in [5, 5.41) is 0. The Balaban J connectivity index is 2.86. The second kappa shape index (κ2) is 8.82. The van der Waals surface area contributed by atoms with Crippen LogP contribution in [-0.2, 0) is 4.74 Å². The maximum Gasteiger partial charge on any atom is 0.161 e. The highest BCUT2D eigenvalue weighted by atomic mass is 16.5. The van der Waals surface area contributed by atoms with Crippen LogP contribution in [0.25, 0.3) is 0 Å². The van der Waals surface area contributed by atoms with E-state index in [1.807, 2.05) is 32.0 Å². The molecular formula is C16H27NO3. The average molecular weight is 281 g/mol. The highest BCUT2D eigenvalue weighted by molar-refractivity contribution is 5.44. The summed E-state index contributed by atoms with van der Waals surface area (Å²) in [6.45, 7) is 8.02. The maximum atomic E-state index is 6.32. The van der Waals surface area contributed by atoms with Crippen molar-refractivity contribution in [3.63, 3.8) is 0 Å². The maximum absolute atomic E-state index is 6.32. The molecule has 4 heteroatoms. The second-order valence-electron chi connectivity index (χ2n) is 4.86. The number of ether oxygens (including phenoxy) is 3. The van der Waals surface area contributed by atoms with Gasteiger partial charge in [0, 0.05) is 19.8 Å². The molecule has 2 unspecified atom stereocenters. The van der Waals surface area contributed by atoms with Crippen LogP contribution in [0.5, 0.6) is 11.5 Å². The van der Waals surface area contributed by atoms with E-state index >= 15 is 0 Å². The molecular weight excluding hydrogens is 254 g/mol. The first-order valence-corrected chi connectivity index (χ1v) is 7.28. The van der Waals surface area contributed by atoms with E-state index < -0.39 is 0 Å². The van der Waals surface area contributed by atoms with Crippen molar-refractivity contribution in [1.29, 1.82) is 0 Å². The third-order valence-electron chi connectivity index (χ3n) is 3.34. The minimum Gasteiger partial charge on any atom is -0.490 e. The van der Waals surface area contributed by atoms with Gasteiger partial charge in [0.2, 0.25) is 0 Å². The zero-order valence-electron chi connectivity index (χ0n) is 13.0. The predicted molar refractivity (Wildman–Crippen MR) is 81.4 cm³/mol. The standard InChI is InChI=1S/C16H27NO3/c1-5-19-14-8-7-13(11-15(14)20-6-2)16(17)12(3)9-10-18-4/h7-8,11-12,16H,5-6,9-10,17H2,1-4H3. The van der Waals surface area contributed by atoms with E-state index in [-0.39, 0.29) is 6.04 Å². The second-order valence-corrected chi connectivity index (χ2v) is 4.86. The Hall–Kier alpha value is -1.26. The third kappa shape index (κ3) is 4.69. The molecule has 0 aliphatic carbocycles. The molecule has 20 heavy (non-hydrogen) atoms. The third-order valence-corrected chi connectivity index (χ3v) is 3.34. The van der Waals surface area contributed by atoms with Crippen LogP contribution in [-0.4, -0.2) is 26.9 Å². The molecule has 2 atom stereocenters. The Labute approximate surface area is 122 Å². The largest absolute Gasteiger partial charge is 0.490 e. The van der Waals surface area contributed by atoms with Crippen LogP contribution in [0.15, 0.2) is 18.2 Å². The summed E-state index contributed by atoms with van der Waals surface area (Å²) in [6.07, 6.45) is 0.939. The van der Waals surface area contributed by atoms with Gasteiger partial charge in [-0.2, -0.15) is 0 Å². The lowest BCUT2D eigenvalue weighted by atomic mass is 9.93. The quantitative estimate of drug-likeness (QED) is 0.755. The van der Waals surface area contributed by atoms with Gasteiger partial charge in [-0.15, -0.1) is 0 Å². The van der Waals surface area contributed by atoms with Gasteiger partial charge in [0.05, 0.1) is 13.2 Å². The van der Waals surface area contributed by atoms with Crippen LogP contribution in [0.1, 0.15) is 38.8 Å². The first-order valence-electron chi connectivity index (χ1n) is 7.28. The predicted octanol–water partition coefficient (Wildman–Crippen LogP) is 3.16. The summed E-state index contributed by atoms with van der Waals surface area (Å²) in [5.41, 5.74) is 7.39. The lowest BCUT2D eigenvalue weighted by molar-refractivity contribution is 0.174. The number of hydrogen-bond donors (Lipinski definition) is 1. The Bertz CT molecular complexity index is 395. The highest BCUT2D eigenvalue weighted by Crippen LogP contribution is 2.32. The number of benzene rings is 1. The SMILES string of the molecule is CCOc1ccc(C(N)C(C)CCOC)cc1OCC. The van der Waals surface area contributed by atoms with Gasteiger partial charge in [-0.25, -0.2) is 0 Å². The monoisotopic (exact) mass is 281 g/mol. The van der Waals surface area contributed by atoms with Crippen molar-refractivity contribution in [1.82, 2.24) is 0 Å². The van der Waals surface area contributed by atoms with Crippen molar-refractivity contribution in [3.8, 4) is 11.5 Å². The van der Waals surface area contributed by atoms with E-state index in [0.29, 0.717) is 19.1 Å². The molecule has 1 rings (SSSR count). The molecule has 0 fully saturated rings. The summed E-state index contributed by atoms with van der Waals surface area (Å²) >= 11 is 0. The topological polar surface area (TPSA) is 53.7 Å². The van der Waals surface area contributed by atoms with Gasteiger partial charge < -0.3 is 19.9 Å². The van der Waals surface area contributed by atoms with Crippen molar-refractivity contribution >= 4 is 0 Å². The van der Waals surface area contributed by atoms with E-state index in [4.69, 9.17) is 19.9 Å². The molecule has 114 valence electrons. The molecule has 0 aliphatic heterocycles. The summed E-state index contributed by atoms with van der Waals surface area (Å²) in [4.78, 5) is 0. The number of rotatable bonds is 9. The molecule has 0 saturated heterocycles. The van der Waals surface area contributed by atoms with Crippen LogP contribution in [0.4, 0.5) is 0 Å². The van der Waals surface area contributed by atoms with E-state index in [1.165, 1.54) is 0 Å². The van der Waals surface area contributed by atoms with E-state index in [1.54, 1.807) is 7.11 Å². The Morgan fingerprint density at radius 3 is 2.35 bits per heavy atom. The Morgan fingerprint density at radius 2 is 1.75 bits per heavy atom. The molecule has 0 bridgehead atoms. The van der Waals surface area contributed by atoms with Gasteiger partial charge in [0.25, 0.3) is 0 Å². The van der Waals surface area contributed by atoms with Gasteiger partial charge in [-0.3, -0.25) is 0 Å². The molecule has 0 radical (unpaired) electrons. The average Bonchev–Trinajstić information content (AvgIpc) is 2.46.